The number of halogens is 1. The molecule has 0 unspecified atom stereocenters. The summed E-state index contributed by atoms with van der Waals surface area (Å²) in [5, 5.41) is 7.41. The fraction of sp³-hybridized carbons (Fsp3) is 0.333. The molecule has 0 saturated carbocycles. The number of para-hydroxylation sites is 1. The fourth-order valence-electron chi connectivity index (χ4n) is 3.40. The second-order valence-corrected chi connectivity index (χ2v) is 7.13. The first-order valence-corrected chi connectivity index (χ1v) is 9.59. The van der Waals surface area contributed by atoms with Gasteiger partial charge < -0.3 is 9.64 Å². The number of carbonyl (C=O) groups is 1. The maximum absolute atomic E-state index is 13.6. The molecule has 0 aliphatic carbocycles. The van der Waals surface area contributed by atoms with E-state index in [2.05, 4.69) is 20.2 Å². The van der Waals surface area contributed by atoms with Crippen LogP contribution in [-0.4, -0.2) is 50.7 Å². The molecule has 3 aromatic rings. The number of H-pyrrole nitrogens is 1. The number of likely N-dealkylation sites (tertiary alicyclic amines) is 1. The molecule has 8 heteroatoms. The number of ether oxygens (including phenoxy) is 1. The summed E-state index contributed by atoms with van der Waals surface area (Å²) in [5.74, 6) is -0.0490. The van der Waals surface area contributed by atoms with E-state index in [-0.39, 0.29) is 23.4 Å². The number of aryl methyl sites for hydroxylation is 1. The third-order valence-electron chi connectivity index (χ3n) is 5.01. The molecule has 29 heavy (non-hydrogen) atoms. The zero-order valence-electron chi connectivity index (χ0n) is 16.1. The lowest BCUT2D eigenvalue weighted by molar-refractivity contribution is 0.0784. The van der Waals surface area contributed by atoms with Crippen LogP contribution < -0.4 is 4.74 Å². The van der Waals surface area contributed by atoms with E-state index in [1.165, 1.54) is 12.3 Å². The standard InChI is InChI=1S/C21H22FN5O2/c1-14-11-24-19(12-23-14)21(28)27-8-6-15(13-27)18-10-16(25-26-18)7-9-29-20-5-3-2-4-17(20)22/h2-5,10-12,15H,6-9,13H2,1H3,(H,25,26)/t15-/m0/s1. The Morgan fingerprint density at radius 3 is 2.97 bits per heavy atom. The Bertz CT molecular complexity index is 989. The number of nitrogens with zero attached hydrogens (tertiary/aromatic N) is 4. The first-order valence-electron chi connectivity index (χ1n) is 9.59. The normalized spacial score (nSPS) is 16.2. The van der Waals surface area contributed by atoms with Crippen molar-refractivity contribution in [2.24, 2.45) is 0 Å². The van der Waals surface area contributed by atoms with Crippen molar-refractivity contribution in [3.05, 3.63) is 71.3 Å². The number of aromatic nitrogens is 4. The van der Waals surface area contributed by atoms with Crippen LogP contribution in [0, 0.1) is 12.7 Å². The van der Waals surface area contributed by atoms with Gasteiger partial charge in [0.05, 0.1) is 24.2 Å². The topological polar surface area (TPSA) is 84.0 Å². The lowest BCUT2D eigenvalue weighted by Gasteiger charge is -2.15. The number of hydrogen-bond acceptors (Lipinski definition) is 5. The molecule has 7 nitrogen and oxygen atoms in total. The minimum atomic E-state index is -0.369. The Hall–Kier alpha value is -3.29. The molecule has 3 heterocycles. The van der Waals surface area contributed by atoms with Crippen molar-refractivity contribution < 1.29 is 13.9 Å². The van der Waals surface area contributed by atoms with Crippen molar-refractivity contribution in [3.63, 3.8) is 0 Å². The summed E-state index contributed by atoms with van der Waals surface area (Å²) in [6.07, 6.45) is 4.56. The van der Waals surface area contributed by atoms with Crippen LogP contribution in [0.1, 0.15) is 39.9 Å². The lowest BCUT2D eigenvalue weighted by Crippen LogP contribution is -2.29. The number of rotatable bonds is 6. The van der Waals surface area contributed by atoms with Gasteiger partial charge in [0, 0.05) is 37.3 Å². The number of carbonyl (C=O) groups excluding carboxylic acids is 1. The predicted molar refractivity (Wildman–Crippen MR) is 104 cm³/mol. The number of benzene rings is 1. The van der Waals surface area contributed by atoms with Gasteiger partial charge in [-0.1, -0.05) is 12.1 Å². The summed E-state index contributed by atoms with van der Waals surface area (Å²) in [6, 6.07) is 8.34. The molecule has 1 fully saturated rings. The van der Waals surface area contributed by atoms with Crippen molar-refractivity contribution in [1.29, 1.82) is 0 Å². The van der Waals surface area contributed by atoms with E-state index in [0.29, 0.717) is 31.8 Å². The molecule has 0 radical (unpaired) electrons. The first-order chi connectivity index (χ1) is 14.1. The van der Waals surface area contributed by atoms with Gasteiger partial charge in [-0.25, -0.2) is 9.37 Å². The van der Waals surface area contributed by atoms with Crippen LogP contribution in [0.5, 0.6) is 5.75 Å². The average Bonchev–Trinajstić information content (AvgIpc) is 3.39. The third kappa shape index (κ3) is 4.42. The van der Waals surface area contributed by atoms with Crippen LogP contribution in [0.25, 0.3) is 0 Å². The molecular formula is C21H22FN5O2. The van der Waals surface area contributed by atoms with Crippen LogP contribution in [0.2, 0.25) is 0 Å². The summed E-state index contributed by atoms with van der Waals surface area (Å²) in [4.78, 5) is 22.7. The molecule has 0 spiro atoms. The highest BCUT2D eigenvalue weighted by atomic mass is 19.1. The van der Waals surface area contributed by atoms with Gasteiger partial charge in [-0.15, -0.1) is 0 Å². The fourth-order valence-corrected chi connectivity index (χ4v) is 3.40. The van der Waals surface area contributed by atoms with Gasteiger partial charge in [-0.3, -0.25) is 14.9 Å². The summed E-state index contributed by atoms with van der Waals surface area (Å²) in [5.41, 5.74) is 3.00. The van der Waals surface area contributed by atoms with Gasteiger partial charge in [0.15, 0.2) is 11.6 Å². The molecule has 1 aromatic carbocycles. The number of aromatic amines is 1. The molecule has 1 aliphatic rings. The maximum atomic E-state index is 13.6. The molecule has 1 amide bonds. The molecule has 150 valence electrons. The largest absolute Gasteiger partial charge is 0.490 e. The van der Waals surface area contributed by atoms with Gasteiger partial charge in [0.2, 0.25) is 0 Å². The molecule has 1 aliphatic heterocycles. The minimum absolute atomic E-state index is 0.103. The second kappa shape index (κ2) is 8.38. The first kappa shape index (κ1) is 19.0. The predicted octanol–water partition coefficient (Wildman–Crippen LogP) is 2.90. The summed E-state index contributed by atoms with van der Waals surface area (Å²) in [7, 11) is 0. The van der Waals surface area contributed by atoms with Crippen molar-refractivity contribution in [1.82, 2.24) is 25.1 Å². The third-order valence-corrected chi connectivity index (χ3v) is 5.01. The average molecular weight is 395 g/mol. The molecule has 1 saturated heterocycles. The summed E-state index contributed by atoms with van der Waals surface area (Å²) >= 11 is 0. The highest BCUT2D eigenvalue weighted by molar-refractivity contribution is 5.92. The maximum Gasteiger partial charge on any atom is 0.274 e. The van der Waals surface area contributed by atoms with E-state index in [0.717, 1.165) is 23.5 Å². The highest BCUT2D eigenvalue weighted by Crippen LogP contribution is 2.27. The van der Waals surface area contributed by atoms with Gasteiger partial charge in [0.1, 0.15) is 5.69 Å². The molecule has 1 atom stereocenters. The molecule has 2 aromatic heterocycles. The smallest absolute Gasteiger partial charge is 0.274 e. The van der Waals surface area contributed by atoms with Gasteiger partial charge in [-0.05, 0) is 31.5 Å². The van der Waals surface area contributed by atoms with Crippen molar-refractivity contribution in [2.75, 3.05) is 19.7 Å². The Morgan fingerprint density at radius 1 is 1.31 bits per heavy atom. The van der Waals surface area contributed by atoms with E-state index >= 15 is 0 Å². The van der Waals surface area contributed by atoms with Crippen LogP contribution in [0.15, 0.2) is 42.7 Å². The van der Waals surface area contributed by atoms with Gasteiger partial charge >= 0.3 is 0 Å². The second-order valence-electron chi connectivity index (χ2n) is 7.13. The molecule has 1 N–H and O–H groups in total. The summed E-state index contributed by atoms with van der Waals surface area (Å²) < 4.78 is 19.1. The quantitative estimate of drug-likeness (QED) is 0.694. The Morgan fingerprint density at radius 2 is 2.17 bits per heavy atom. The summed E-state index contributed by atoms with van der Waals surface area (Å²) in [6.45, 7) is 3.45. The molecule has 4 rings (SSSR count). The SMILES string of the molecule is Cc1cnc(C(=O)N2CC[C@H](c3cc(CCOc4ccccc4F)[nH]n3)C2)cn1. The zero-order valence-corrected chi connectivity index (χ0v) is 16.1. The van der Waals surface area contributed by atoms with Crippen LogP contribution in [-0.2, 0) is 6.42 Å². The van der Waals surface area contributed by atoms with Crippen molar-refractivity contribution in [2.45, 2.75) is 25.7 Å². The Kier molecular flexibility index (Phi) is 5.50. The van der Waals surface area contributed by atoms with Crippen LogP contribution in [0.3, 0.4) is 0 Å². The lowest BCUT2D eigenvalue weighted by atomic mass is 10.0. The molecule has 0 bridgehead atoms. The molecular weight excluding hydrogens is 373 g/mol. The Balaban J connectivity index is 1.31. The van der Waals surface area contributed by atoms with E-state index < -0.39 is 0 Å². The number of amides is 1. The van der Waals surface area contributed by atoms with Crippen molar-refractivity contribution >= 4 is 5.91 Å². The van der Waals surface area contributed by atoms with Gasteiger partial charge in [0.25, 0.3) is 5.91 Å². The highest BCUT2D eigenvalue weighted by Gasteiger charge is 2.30. The van der Waals surface area contributed by atoms with Crippen molar-refractivity contribution in [3.8, 4) is 5.75 Å². The Labute approximate surface area is 167 Å². The number of hydrogen-bond donors (Lipinski definition) is 1. The van der Waals surface area contributed by atoms with Crippen LogP contribution >= 0.6 is 0 Å². The van der Waals surface area contributed by atoms with E-state index in [4.69, 9.17) is 4.74 Å². The monoisotopic (exact) mass is 395 g/mol. The van der Waals surface area contributed by atoms with E-state index in [9.17, 15) is 9.18 Å². The zero-order chi connectivity index (χ0) is 20.2. The van der Waals surface area contributed by atoms with E-state index in [1.807, 2.05) is 13.0 Å². The van der Waals surface area contributed by atoms with Crippen LogP contribution in [0.4, 0.5) is 4.39 Å². The van der Waals surface area contributed by atoms with Gasteiger partial charge in [-0.2, -0.15) is 5.10 Å². The minimum Gasteiger partial charge on any atom is -0.490 e. The van der Waals surface area contributed by atoms with E-state index in [1.54, 1.807) is 29.3 Å². The number of nitrogens with one attached hydrogen (secondary N) is 1.